The lowest BCUT2D eigenvalue weighted by Crippen LogP contribution is -2.46. The maximum atomic E-state index is 13.1. The fraction of sp³-hybridized carbons (Fsp3) is 0.650. The van der Waals surface area contributed by atoms with Gasteiger partial charge in [-0.2, -0.15) is 0 Å². The Morgan fingerprint density at radius 1 is 1.25 bits per heavy atom. The van der Waals surface area contributed by atoms with E-state index in [2.05, 4.69) is 12.1 Å². The third-order valence-electron chi connectivity index (χ3n) is 6.31. The second-order valence-corrected chi connectivity index (χ2v) is 7.69. The molecule has 1 N–H and O–H groups in total. The Kier molecular flexibility index (Phi) is 5.21. The topological polar surface area (TPSA) is 37.3 Å². The first-order valence-corrected chi connectivity index (χ1v) is 9.06. The van der Waals surface area contributed by atoms with E-state index in [1.807, 2.05) is 18.2 Å². The van der Waals surface area contributed by atoms with Crippen LogP contribution in [0.5, 0.6) is 0 Å². The average Bonchev–Trinajstić information content (AvgIpc) is 2.56. The summed E-state index contributed by atoms with van der Waals surface area (Å²) in [6, 6.07) is 10.4. The first-order chi connectivity index (χ1) is 11.5. The van der Waals surface area contributed by atoms with E-state index in [1.165, 1.54) is 5.56 Å². The highest BCUT2D eigenvalue weighted by atomic mass is 19.3. The van der Waals surface area contributed by atoms with Crippen LogP contribution in [0.1, 0.15) is 56.9 Å². The molecule has 2 aliphatic carbocycles. The third kappa shape index (κ3) is 3.62. The summed E-state index contributed by atoms with van der Waals surface area (Å²) in [4.78, 5) is 11.0. The van der Waals surface area contributed by atoms with Crippen LogP contribution in [-0.2, 0) is 10.2 Å². The molecule has 2 aliphatic rings. The predicted molar refractivity (Wildman–Crippen MR) is 89.2 cm³/mol. The molecule has 2 fully saturated rings. The molecule has 2 nitrogen and oxygen atoms in total. The van der Waals surface area contributed by atoms with Gasteiger partial charge in [0.25, 0.3) is 0 Å². The van der Waals surface area contributed by atoms with Crippen molar-refractivity contribution in [2.45, 2.75) is 63.2 Å². The quantitative estimate of drug-likeness (QED) is 0.768. The van der Waals surface area contributed by atoms with E-state index in [1.54, 1.807) is 0 Å². The van der Waals surface area contributed by atoms with Gasteiger partial charge in [-0.05, 0) is 54.4 Å². The van der Waals surface area contributed by atoms with Crippen molar-refractivity contribution in [3.63, 3.8) is 0 Å². The summed E-state index contributed by atoms with van der Waals surface area (Å²) in [6.07, 6.45) is 3.28. The molecule has 0 spiro atoms. The molecule has 0 saturated heterocycles. The molecule has 0 aromatic heterocycles. The smallest absolute Gasteiger partial charge is 0.303 e. The van der Waals surface area contributed by atoms with Gasteiger partial charge in [0.2, 0.25) is 6.43 Å². The fourth-order valence-corrected chi connectivity index (χ4v) is 5.39. The molecule has 0 radical (unpaired) electrons. The standard InChI is InChI=1S/C20H26F2O2/c21-18(22)11-17-14-5-4-10-20(12-14,16-6-2-1-3-7-16)13-15(17)8-9-19(23)24/h1-3,6-7,14-15,17-18H,4-5,8-13H2,(H,23,24). The zero-order valence-corrected chi connectivity index (χ0v) is 14.0. The van der Waals surface area contributed by atoms with E-state index < -0.39 is 12.4 Å². The van der Waals surface area contributed by atoms with E-state index in [9.17, 15) is 13.6 Å². The summed E-state index contributed by atoms with van der Waals surface area (Å²) in [6.45, 7) is 0. The number of carboxylic acids is 1. The van der Waals surface area contributed by atoms with E-state index in [0.717, 1.165) is 32.1 Å². The number of carboxylic acid groups (broad SMARTS) is 1. The fourth-order valence-electron chi connectivity index (χ4n) is 5.39. The Balaban J connectivity index is 1.87. The van der Waals surface area contributed by atoms with Crippen molar-refractivity contribution in [3.8, 4) is 0 Å². The van der Waals surface area contributed by atoms with Crippen LogP contribution in [0.25, 0.3) is 0 Å². The van der Waals surface area contributed by atoms with Gasteiger partial charge in [-0.3, -0.25) is 4.79 Å². The van der Waals surface area contributed by atoms with Crippen molar-refractivity contribution >= 4 is 5.97 Å². The summed E-state index contributed by atoms with van der Waals surface area (Å²) < 4.78 is 26.2. The van der Waals surface area contributed by atoms with Gasteiger partial charge in [-0.15, -0.1) is 0 Å². The molecule has 24 heavy (non-hydrogen) atoms. The van der Waals surface area contributed by atoms with Crippen LogP contribution in [-0.4, -0.2) is 17.5 Å². The van der Waals surface area contributed by atoms with Gasteiger partial charge in [0.1, 0.15) is 0 Å². The Hall–Kier alpha value is -1.45. The van der Waals surface area contributed by atoms with Gasteiger partial charge in [0.15, 0.2) is 0 Å². The number of halogens is 2. The third-order valence-corrected chi connectivity index (χ3v) is 6.31. The summed E-state index contributed by atoms with van der Waals surface area (Å²) in [5.74, 6) is -0.452. The summed E-state index contributed by atoms with van der Waals surface area (Å²) in [5, 5.41) is 9.05. The molecule has 0 amide bonds. The maximum Gasteiger partial charge on any atom is 0.303 e. The number of carbonyl (C=O) groups is 1. The zero-order chi connectivity index (χ0) is 17.2. The molecule has 0 heterocycles. The molecule has 4 heteroatoms. The number of hydrogen-bond acceptors (Lipinski definition) is 1. The van der Waals surface area contributed by atoms with Gasteiger partial charge < -0.3 is 5.11 Å². The minimum atomic E-state index is -2.30. The highest BCUT2D eigenvalue weighted by Crippen LogP contribution is 2.56. The van der Waals surface area contributed by atoms with Crippen LogP contribution < -0.4 is 0 Å². The largest absolute Gasteiger partial charge is 0.481 e. The van der Waals surface area contributed by atoms with Crippen LogP contribution in [0.2, 0.25) is 0 Å². The van der Waals surface area contributed by atoms with Crippen LogP contribution >= 0.6 is 0 Å². The number of rotatable bonds is 6. The van der Waals surface area contributed by atoms with Crippen molar-refractivity contribution in [1.29, 1.82) is 0 Å². The molecule has 1 aromatic rings. The Morgan fingerprint density at radius 2 is 2.00 bits per heavy atom. The summed E-state index contributed by atoms with van der Waals surface area (Å²) >= 11 is 0. The normalized spacial score (nSPS) is 32.7. The Bertz CT molecular complexity index is 560. The van der Waals surface area contributed by atoms with Crippen molar-refractivity contribution in [1.82, 2.24) is 0 Å². The molecule has 2 bridgehead atoms. The predicted octanol–water partition coefficient (Wildman–Crippen LogP) is 5.27. The molecular weight excluding hydrogens is 310 g/mol. The van der Waals surface area contributed by atoms with E-state index in [4.69, 9.17) is 5.11 Å². The molecule has 3 rings (SSSR count). The van der Waals surface area contributed by atoms with Crippen LogP contribution in [0.4, 0.5) is 8.78 Å². The molecule has 4 unspecified atom stereocenters. The minimum absolute atomic E-state index is 0.0264. The van der Waals surface area contributed by atoms with Gasteiger partial charge in [-0.25, -0.2) is 8.78 Å². The van der Waals surface area contributed by atoms with Crippen molar-refractivity contribution in [3.05, 3.63) is 35.9 Å². The van der Waals surface area contributed by atoms with Crippen LogP contribution in [0.15, 0.2) is 30.3 Å². The first-order valence-electron chi connectivity index (χ1n) is 9.06. The molecule has 0 aliphatic heterocycles. The maximum absolute atomic E-state index is 13.1. The minimum Gasteiger partial charge on any atom is -0.481 e. The lowest BCUT2D eigenvalue weighted by atomic mass is 9.52. The number of alkyl halides is 2. The summed E-state index contributed by atoms with van der Waals surface area (Å²) in [5.41, 5.74) is 1.37. The monoisotopic (exact) mass is 336 g/mol. The van der Waals surface area contributed by atoms with Gasteiger partial charge >= 0.3 is 5.97 Å². The molecule has 132 valence electrons. The molecular formula is C20H26F2O2. The molecule has 2 saturated carbocycles. The molecule has 1 aromatic carbocycles. The Morgan fingerprint density at radius 3 is 2.67 bits per heavy atom. The SMILES string of the molecule is O=C(O)CCC1CC2(c3ccccc3)CCCC(C2)C1CC(F)F. The van der Waals surface area contributed by atoms with E-state index in [0.29, 0.717) is 12.3 Å². The van der Waals surface area contributed by atoms with Gasteiger partial charge in [0, 0.05) is 12.8 Å². The Labute approximate surface area is 142 Å². The number of hydrogen-bond donors (Lipinski definition) is 1. The second-order valence-electron chi connectivity index (χ2n) is 7.69. The van der Waals surface area contributed by atoms with Crippen molar-refractivity contribution in [2.24, 2.45) is 17.8 Å². The van der Waals surface area contributed by atoms with Crippen LogP contribution in [0.3, 0.4) is 0 Å². The second kappa shape index (κ2) is 7.20. The van der Waals surface area contributed by atoms with Crippen molar-refractivity contribution in [2.75, 3.05) is 0 Å². The molecule has 4 atom stereocenters. The van der Waals surface area contributed by atoms with Gasteiger partial charge in [0.05, 0.1) is 0 Å². The van der Waals surface area contributed by atoms with Gasteiger partial charge in [-0.1, -0.05) is 43.2 Å². The highest BCUT2D eigenvalue weighted by molar-refractivity contribution is 5.66. The van der Waals surface area contributed by atoms with E-state index in [-0.39, 0.29) is 30.1 Å². The highest BCUT2D eigenvalue weighted by Gasteiger charge is 2.49. The first kappa shape index (κ1) is 17.4. The number of benzene rings is 1. The number of aliphatic carboxylic acids is 1. The lowest BCUT2D eigenvalue weighted by Gasteiger charge is -2.53. The van der Waals surface area contributed by atoms with Crippen molar-refractivity contribution < 1.29 is 18.7 Å². The van der Waals surface area contributed by atoms with Crippen LogP contribution in [0, 0.1) is 17.8 Å². The van der Waals surface area contributed by atoms with E-state index >= 15 is 0 Å². The summed E-state index contributed by atoms with van der Waals surface area (Å²) in [7, 11) is 0. The lowest BCUT2D eigenvalue weighted by molar-refractivity contribution is -0.137. The number of fused-ring (bicyclic) bond motifs is 2. The zero-order valence-electron chi connectivity index (χ0n) is 14.0. The average molecular weight is 336 g/mol.